The Kier molecular flexibility index (Phi) is 5.30. The van der Waals surface area contributed by atoms with E-state index in [1.807, 2.05) is 42.5 Å². The number of nitrogens with zero attached hydrogens (tertiary/aromatic N) is 4. The van der Waals surface area contributed by atoms with E-state index in [1.165, 1.54) is 11.8 Å². The van der Waals surface area contributed by atoms with Crippen LogP contribution in [0, 0.1) is 0 Å². The predicted octanol–water partition coefficient (Wildman–Crippen LogP) is 3.59. The summed E-state index contributed by atoms with van der Waals surface area (Å²) in [6.07, 6.45) is 1.69. The van der Waals surface area contributed by atoms with Crippen molar-refractivity contribution in [1.82, 2.24) is 20.2 Å². The average molecular weight is 403 g/mol. The second-order valence-corrected chi connectivity index (χ2v) is 6.65. The summed E-state index contributed by atoms with van der Waals surface area (Å²) in [6.45, 7) is 1.74. The van der Waals surface area contributed by atoms with Crippen LogP contribution in [0.25, 0.3) is 22.3 Å². The number of hydrogen-bond acceptors (Lipinski definition) is 6. The summed E-state index contributed by atoms with van der Waals surface area (Å²) in [5.74, 6) is 1.40. The number of amides is 1. The van der Waals surface area contributed by atoms with Gasteiger partial charge in [-0.15, -0.1) is 0 Å². The van der Waals surface area contributed by atoms with Crippen molar-refractivity contribution in [3.63, 3.8) is 0 Å². The number of rotatable bonds is 6. The lowest BCUT2D eigenvalue weighted by molar-refractivity contribution is -0.116. The number of ether oxygens (including phenoxy) is 2. The second-order valence-electron chi connectivity index (χ2n) is 6.65. The van der Waals surface area contributed by atoms with Crippen LogP contribution in [-0.4, -0.2) is 40.3 Å². The first-order valence-electron chi connectivity index (χ1n) is 9.36. The number of aromatic amines is 1. The maximum Gasteiger partial charge on any atom is 0.234 e. The van der Waals surface area contributed by atoms with Crippen molar-refractivity contribution in [2.45, 2.75) is 13.5 Å². The Bertz CT molecular complexity index is 1190. The number of carbonyl (C=O) groups excluding carboxylic acids is 1. The predicted molar refractivity (Wildman–Crippen MR) is 114 cm³/mol. The van der Waals surface area contributed by atoms with Crippen LogP contribution in [0.4, 0.5) is 5.95 Å². The SMILES string of the molecule is COc1ccc(CN(C(C)=O)c2ncc3c(-c4ccccc4)n[nH]c3n2)c(OC)c1. The molecule has 0 radical (unpaired) electrons. The second kappa shape index (κ2) is 8.20. The fourth-order valence-corrected chi connectivity index (χ4v) is 3.22. The van der Waals surface area contributed by atoms with Crippen LogP contribution in [-0.2, 0) is 11.3 Å². The Morgan fingerprint density at radius 3 is 2.60 bits per heavy atom. The zero-order chi connectivity index (χ0) is 21.1. The van der Waals surface area contributed by atoms with Gasteiger partial charge in [0.1, 0.15) is 17.2 Å². The monoisotopic (exact) mass is 403 g/mol. The van der Waals surface area contributed by atoms with Crippen molar-refractivity contribution in [3.05, 3.63) is 60.3 Å². The molecule has 4 aromatic rings. The van der Waals surface area contributed by atoms with Crippen LogP contribution < -0.4 is 14.4 Å². The molecule has 1 amide bonds. The molecular formula is C22H21N5O3. The molecule has 0 bridgehead atoms. The van der Waals surface area contributed by atoms with E-state index in [2.05, 4.69) is 20.2 Å². The van der Waals surface area contributed by atoms with Crippen LogP contribution in [0.15, 0.2) is 54.7 Å². The highest BCUT2D eigenvalue weighted by atomic mass is 16.5. The average Bonchev–Trinajstić information content (AvgIpc) is 3.21. The quantitative estimate of drug-likeness (QED) is 0.529. The molecule has 8 nitrogen and oxygen atoms in total. The van der Waals surface area contributed by atoms with E-state index in [4.69, 9.17) is 9.47 Å². The number of aromatic nitrogens is 4. The molecule has 152 valence electrons. The number of nitrogens with one attached hydrogen (secondary N) is 1. The largest absolute Gasteiger partial charge is 0.497 e. The van der Waals surface area contributed by atoms with Crippen molar-refractivity contribution >= 4 is 22.9 Å². The topological polar surface area (TPSA) is 93.2 Å². The lowest BCUT2D eigenvalue weighted by atomic mass is 10.1. The Morgan fingerprint density at radius 2 is 1.90 bits per heavy atom. The third-order valence-electron chi connectivity index (χ3n) is 4.80. The van der Waals surface area contributed by atoms with E-state index in [9.17, 15) is 4.79 Å². The summed E-state index contributed by atoms with van der Waals surface area (Å²) in [4.78, 5) is 22.9. The first-order chi connectivity index (χ1) is 14.6. The van der Waals surface area contributed by atoms with E-state index >= 15 is 0 Å². The van der Waals surface area contributed by atoms with Gasteiger partial charge in [0.05, 0.1) is 26.2 Å². The Labute approximate surface area is 173 Å². The maximum absolute atomic E-state index is 12.4. The molecule has 2 aromatic heterocycles. The summed E-state index contributed by atoms with van der Waals surface area (Å²) in [6, 6.07) is 15.2. The standard InChI is InChI=1S/C22H21N5O3/c1-14(28)27(13-16-9-10-17(29-2)11-19(16)30-3)22-23-12-18-20(25-26-21(18)24-22)15-7-5-4-6-8-15/h4-12H,13H2,1-3H3,(H,23,24,25,26). The van der Waals surface area contributed by atoms with E-state index in [0.29, 0.717) is 17.1 Å². The Morgan fingerprint density at radius 1 is 1.10 bits per heavy atom. The molecule has 0 aliphatic rings. The number of methoxy groups -OCH3 is 2. The molecule has 2 heterocycles. The van der Waals surface area contributed by atoms with Gasteiger partial charge >= 0.3 is 0 Å². The van der Waals surface area contributed by atoms with Crippen molar-refractivity contribution in [1.29, 1.82) is 0 Å². The number of fused-ring (bicyclic) bond motifs is 1. The zero-order valence-electron chi connectivity index (χ0n) is 16.9. The minimum atomic E-state index is -0.185. The zero-order valence-corrected chi connectivity index (χ0v) is 16.9. The molecule has 4 rings (SSSR count). The summed E-state index contributed by atoms with van der Waals surface area (Å²) >= 11 is 0. The van der Waals surface area contributed by atoms with Crippen molar-refractivity contribution < 1.29 is 14.3 Å². The molecular weight excluding hydrogens is 382 g/mol. The molecule has 30 heavy (non-hydrogen) atoms. The highest BCUT2D eigenvalue weighted by Crippen LogP contribution is 2.28. The number of benzene rings is 2. The lowest BCUT2D eigenvalue weighted by Gasteiger charge is -2.20. The molecule has 1 N–H and O–H groups in total. The van der Waals surface area contributed by atoms with Crippen LogP contribution in [0.2, 0.25) is 0 Å². The van der Waals surface area contributed by atoms with Gasteiger partial charge in [0.25, 0.3) is 0 Å². The first kappa shape index (κ1) is 19.4. The molecule has 0 saturated heterocycles. The van der Waals surface area contributed by atoms with Crippen LogP contribution in [0.5, 0.6) is 11.5 Å². The van der Waals surface area contributed by atoms with Gasteiger partial charge in [0, 0.05) is 30.3 Å². The molecule has 8 heteroatoms. The molecule has 0 spiro atoms. The van der Waals surface area contributed by atoms with Gasteiger partial charge in [-0.05, 0) is 12.1 Å². The van der Waals surface area contributed by atoms with Crippen LogP contribution in [0.1, 0.15) is 12.5 Å². The Balaban J connectivity index is 1.69. The summed E-state index contributed by atoms with van der Waals surface area (Å²) in [7, 11) is 3.17. The maximum atomic E-state index is 12.4. The normalized spacial score (nSPS) is 10.8. The van der Waals surface area contributed by atoms with Gasteiger partial charge in [-0.1, -0.05) is 30.3 Å². The minimum Gasteiger partial charge on any atom is -0.497 e. The lowest BCUT2D eigenvalue weighted by Crippen LogP contribution is -2.29. The van der Waals surface area contributed by atoms with Gasteiger partial charge in [0.2, 0.25) is 11.9 Å². The minimum absolute atomic E-state index is 0.185. The van der Waals surface area contributed by atoms with Gasteiger partial charge in [-0.25, -0.2) is 4.98 Å². The van der Waals surface area contributed by atoms with Crippen molar-refractivity contribution in [3.8, 4) is 22.8 Å². The summed E-state index contributed by atoms with van der Waals surface area (Å²) in [5.41, 5.74) is 3.11. The van der Waals surface area contributed by atoms with Crippen molar-refractivity contribution in [2.24, 2.45) is 0 Å². The fourth-order valence-electron chi connectivity index (χ4n) is 3.22. The smallest absolute Gasteiger partial charge is 0.234 e. The Hall–Kier alpha value is -3.94. The van der Waals surface area contributed by atoms with Gasteiger partial charge in [-0.3, -0.25) is 14.8 Å². The van der Waals surface area contributed by atoms with E-state index < -0.39 is 0 Å². The molecule has 0 aliphatic carbocycles. The molecule has 0 unspecified atom stereocenters. The number of H-pyrrole nitrogens is 1. The van der Waals surface area contributed by atoms with Crippen molar-refractivity contribution in [2.75, 3.05) is 19.1 Å². The molecule has 0 aliphatic heterocycles. The number of hydrogen-bond donors (Lipinski definition) is 1. The van der Waals surface area contributed by atoms with E-state index in [0.717, 1.165) is 22.2 Å². The highest BCUT2D eigenvalue weighted by molar-refractivity contribution is 5.93. The van der Waals surface area contributed by atoms with E-state index in [-0.39, 0.29) is 18.4 Å². The number of carbonyl (C=O) groups is 1. The molecule has 0 saturated carbocycles. The first-order valence-corrected chi connectivity index (χ1v) is 9.36. The number of anilines is 1. The van der Waals surface area contributed by atoms with Crippen LogP contribution >= 0.6 is 0 Å². The third-order valence-corrected chi connectivity index (χ3v) is 4.80. The molecule has 2 aromatic carbocycles. The van der Waals surface area contributed by atoms with Crippen LogP contribution in [0.3, 0.4) is 0 Å². The molecule has 0 atom stereocenters. The van der Waals surface area contributed by atoms with Gasteiger partial charge in [0.15, 0.2) is 5.65 Å². The van der Waals surface area contributed by atoms with Gasteiger partial charge in [-0.2, -0.15) is 10.1 Å². The summed E-state index contributed by atoms with van der Waals surface area (Å²) < 4.78 is 10.7. The fraction of sp³-hybridized carbons (Fsp3) is 0.182. The van der Waals surface area contributed by atoms with Gasteiger partial charge < -0.3 is 9.47 Å². The third kappa shape index (κ3) is 3.67. The van der Waals surface area contributed by atoms with E-state index in [1.54, 1.807) is 26.5 Å². The highest BCUT2D eigenvalue weighted by Gasteiger charge is 2.19. The molecule has 0 fully saturated rings. The summed E-state index contributed by atoms with van der Waals surface area (Å²) in [5, 5.41) is 8.11.